The third-order valence-corrected chi connectivity index (χ3v) is 4.03. The minimum Gasteiger partial charge on any atom is -0.387 e. The van der Waals surface area contributed by atoms with E-state index in [1.807, 2.05) is 6.92 Å². The van der Waals surface area contributed by atoms with E-state index in [9.17, 15) is 13.2 Å². The van der Waals surface area contributed by atoms with Crippen LogP contribution in [-0.4, -0.2) is 20.1 Å². The summed E-state index contributed by atoms with van der Waals surface area (Å²) in [7, 11) is -3.60. The Hall–Kier alpha value is -0.840. The summed E-state index contributed by atoms with van der Waals surface area (Å²) in [6.07, 6.45) is 0.850. The molecule has 0 aromatic rings. The van der Waals surface area contributed by atoms with Gasteiger partial charge in [-0.1, -0.05) is 6.92 Å². The predicted molar refractivity (Wildman–Crippen MR) is 47.3 cm³/mol. The molecule has 2 unspecified atom stereocenters. The summed E-state index contributed by atoms with van der Waals surface area (Å²) < 4.78 is 22.4. The van der Waals surface area contributed by atoms with Crippen molar-refractivity contribution in [1.82, 2.24) is 5.32 Å². The van der Waals surface area contributed by atoms with E-state index >= 15 is 0 Å². The Labute approximate surface area is 76.9 Å². The van der Waals surface area contributed by atoms with Gasteiger partial charge >= 0.3 is 0 Å². The van der Waals surface area contributed by atoms with Crippen LogP contribution in [0.1, 0.15) is 13.3 Å². The first-order valence-electron chi connectivity index (χ1n) is 4.27. The number of hydrogen-bond acceptors (Lipinski definition) is 4. The maximum atomic E-state index is 11.4. The Bertz CT molecular complexity index is 382. The molecule has 1 saturated heterocycles. The monoisotopic (exact) mass is 201 g/mol. The summed E-state index contributed by atoms with van der Waals surface area (Å²) >= 11 is 0. The fourth-order valence-corrected chi connectivity index (χ4v) is 3.30. The number of rotatable bonds is 0. The number of carbonyl (C=O) groups is 1. The Balaban J connectivity index is 2.46. The molecule has 2 aliphatic heterocycles. The molecule has 1 N–H and O–H groups in total. The van der Waals surface area contributed by atoms with Crippen molar-refractivity contribution in [2.45, 2.75) is 13.3 Å². The molecule has 2 rings (SSSR count). The highest BCUT2D eigenvalue weighted by Gasteiger charge is 2.43. The summed E-state index contributed by atoms with van der Waals surface area (Å²) in [5, 5.41) is 3.40. The second-order valence-corrected chi connectivity index (χ2v) is 5.34. The van der Waals surface area contributed by atoms with Crippen LogP contribution >= 0.6 is 0 Å². The number of fused-ring (bicyclic) bond motifs is 1. The molecule has 0 aromatic heterocycles. The van der Waals surface area contributed by atoms with Gasteiger partial charge in [-0.05, 0) is 12.3 Å². The number of allylic oxidation sites excluding steroid dienone is 1. The lowest BCUT2D eigenvalue weighted by Crippen LogP contribution is -2.35. The van der Waals surface area contributed by atoms with E-state index in [0.29, 0.717) is 5.70 Å². The maximum Gasteiger partial charge on any atom is 0.259 e. The molecule has 72 valence electrons. The molecule has 2 atom stereocenters. The van der Waals surface area contributed by atoms with Gasteiger partial charge < -0.3 is 5.32 Å². The van der Waals surface area contributed by atoms with Gasteiger partial charge in [-0.25, -0.2) is 8.42 Å². The van der Waals surface area contributed by atoms with Gasteiger partial charge in [-0.15, -0.1) is 0 Å². The van der Waals surface area contributed by atoms with Crippen molar-refractivity contribution in [1.29, 1.82) is 0 Å². The third kappa shape index (κ3) is 1.18. The van der Waals surface area contributed by atoms with Crippen molar-refractivity contribution in [2.24, 2.45) is 11.8 Å². The van der Waals surface area contributed by atoms with Crippen molar-refractivity contribution in [3.05, 3.63) is 11.1 Å². The molecule has 0 amide bonds. The van der Waals surface area contributed by atoms with Crippen molar-refractivity contribution in [3.63, 3.8) is 0 Å². The van der Waals surface area contributed by atoms with E-state index < -0.39 is 20.9 Å². The topological polar surface area (TPSA) is 63.2 Å². The summed E-state index contributed by atoms with van der Waals surface area (Å²) in [5.41, 5.74) is 0.587. The summed E-state index contributed by atoms with van der Waals surface area (Å²) in [6.45, 7) is 2.67. The second kappa shape index (κ2) is 2.57. The highest BCUT2D eigenvalue weighted by molar-refractivity contribution is 8.09. The molecule has 0 bridgehead atoms. The fourth-order valence-electron chi connectivity index (χ4n) is 1.90. The van der Waals surface area contributed by atoms with Crippen LogP contribution < -0.4 is 5.32 Å². The first kappa shape index (κ1) is 8.74. The zero-order valence-electron chi connectivity index (χ0n) is 7.28. The lowest BCUT2D eigenvalue weighted by molar-refractivity contribution is -0.115. The fraction of sp³-hybridized carbons (Fsp3) is 0.625. The maximum absolute atomic E-state index is 11.4. The molecule has 0 saturated carbocycles. The van der Waals surface area contributed by atoms with E-state index in [0.717, 1.165) is 18.4 Å². The van der Waals surface area contributed by atoms with Crippen LogP contribution in [0.25, 0.3) is 0 Å². The van der Waals surface area contributed by atoms with Crippen LogP contribution in [0.15, 0.2) is 11.1 Å². The Kier molecular flexibility index (Phi) is 1.73. The van der Waals surface area contributed by atoms with Gasteiger partial charge in [0.2, 0.25) is 9.84 Å². The van der Waals surface area contributed by atoms with E-state index in [1.54, 1.807) is 0 Å². The van der Waals surface area contributed by atoms with Gasteiger partial charge in [0.15, 0.2) is 0 Å². The van der Waals surface area contributed by atoms with Gasteiger partial charge in [0, 0.05) is 12.2 Å². The molecular formula is C8H11NO3S. The van der Waals surface area contributed by atoms with E-state index in [1.165, 1.54) is 0 Å². The largest absolute Gasteiger partial charge is 0.387 e. The molecule has 13 heavy (non-hydrogen) atoms. The molecule has 0 spiro atoms. The predicted octanol–water partition coefficient (Wildman–Crippen LogP) is 0.0284. The average molecular weight is 201 g/mol. The van der Waals surface area contributed by atoms with E-state index in [4.69, 9.17) is 0 Å². The lowest BCUT2D eigenvalue weighted by atomic mass is 9.87. The number of piperidine rings is 1. The second-order valence-electron chi connectivity index (χ2n) is 3.61. The highest BCUT2D eigenvalue weighted by Crippen LogP contribution is 2.34. The lowest BCUT2D eigenvalue weighted by Gasteiger charge is -2.26. The van der Waals surface area contributed by atoms with Gasteiger partial charge in [-0.2, -0.15) is 0 Å². The van der Waals surface area contributed by atoms with Gasteiger partial charge in [0.05, 0.1) is 11.3 Å². The molecule has 1 fully saturated rings. The minimum absolute atomic E-state index is 0.136. The van der Waals surface area contributed by atoms with Crippen LogP contribution in [0.5, 0.6) is 0 Å². The van der Waals surface area contributed by atoms with Crippen LogP contribution in [0.2, 0.25) is 0 Å². The summed E-state index contributed by atoms with van der Waals surface area (Å²) in [4.78, 5) is 11.4. The summed E-state index contributed by atoms with van der Waals surface area (Å²) in [5.74, 6) is -0.295. The smallest absolute Gasteiger partial charge is 0.259 e. The van der Waals surface area contributed by atoms with E-state index in [-0.39, 0.29) is 5.92 Å². The standard InChI is InChI=1S/C8H11NO3S/c1-5-2-3-9-6-4-13(11,12)8(10)7(5)6/h4-5,7,9H,2-3H2,1H3. The molecule has 2 heterocycles. The number of hydrogen-bond donors (Lipinski definition) is 1. The van der Waals surface area contributed by atoms with Crippen molar-refractivity contribution in [3.8, 4) is 0 Å². The van der Waals surface area contributed by atoms with Gasteiger partial charge in [0.1, 0.15) is 0 Å². The van der Waals surface area contributed by atoms with Crippen LogP contribution in [0.4, 0.5) is 0 Å². The van der Waals surface area contributed by atoms with Crippen LogP contribution in [0, 0.1) is 11.8 Å². The number of carbonyl (C=O) groups excluding carboxylic acids is 1. The molecule has 0 radical (unpaired) electrons. The van der Waals surface area contributed by atoms with Crippen molar-refractivity contribution in [2.75, 3.05) is 6.54 Å². The molecule has 4 nitrogen and oxygen atoms in total. The van der Waals surface area contributed by atoms with Gasteiger partial charge in [0.25, 0.3) is 5.12 Å². The van der Waals surface area contributed by atoms with Crippen LogP contribution in [-0.2, 0) is 14.6 Å². The molecular weight excluding hydrogens is 190 g/mol. The first-order valence-corrected chi connectivity index (χ1v) is 5.81. The van der Waals surface area contributed by atoms with Crippen LogP contribution in [0.3, 0.4) is 0 Å². The minimum atomic E-state index is -3.60. The molecule has 5 heteroatoms. The zero-order valence-corrected chi connectivity index (χ0v) is 8.10. The number of nitrogens with one attached hydrogen (secondary N) is 1. The zero-order chi connectivity index (χ0) is 9.64. The summed E-state index contributed by atoms with van der Waals surface area (Å²) in [6, 6.07) is 0. The molecule has 0 aromatic carbocycles. The Morgan fingerprint density at radius 3 is 2.85 bits per heavy atom. The molecule has 2 aliphatic rings. The highest BCUT2D eigenvalue weighted by atomic mass is 32.2. The molecule has 0 aliphatic carbocycles. The van der Waals surface area contributed by atoms with Crippen molar-refractivity contribution < 1.29 is 13.2 Å². The Morgan fingerprint density at radius 1 is 1.54 bits per heavy atom. The van der Waals surface area contributed by atoms with Crippen molar-refractivity contribution >= 4 is 15.0 Å². The Morgan fingerprint density at radius 2 is 2.23 bits per heavy atom. The van der Waals surface area contributed by atoms with E-state index in [2.05, 4.69) is 5.32 Å². The average Bonchev–Trinajstić information content (AvgIpc) is 2.24. The SMILES string of the molecule is CC1CCNC2=CS(=O)(=O)C(=O)C21. The third-order valence-electron chi connectivity index (χ3n) is 2.65. The first-order chi connectivity index (χ1) is 6.02. The quantitative estimate of drug-likeness (QED) is 0.600. The van der Waals surface area contributed by atoms with Gasteiger partial charge in [-0.3, -0.25) is 4.79 Å². The number of sulfone groups is 1. The normalized spacial score (nSPS) is 36.4.